The highest BCUT2D eigenvalue weighted by atomic mass is 19.3. The summed E-state index contributed by atoms with van der Waals surface area (Å²) in [5, 5.41) is 9.32. The number of alkyl halides is 2. The number of carboxylic acids is 1. The number of aryl methyl sites for hydroxylation is 2. The molecule has 1 aromatic rings. The van der Waals surface area contributed by atoms with Crippen LogP contribution in [0, 0.1) is 19.8 Å². The molecule has 1 aliphatic heterocycles. The zero-order chi connectivity index (χ0) is 15.1. The Morgan fingerprint density at radius 2 is 2.15 bits per heavy atom. The second kappa shape index (κ2) is 5.00. The molecule has 1 unspecified atom stereocenters. The fraction of sp³-hybridized carbons (Fsp3) is 0.571. The first-order valence-electron chi connectivity index (χ1n) is 6.56. The van der Waals surface area contributed by atoms with Crippen LogP contribution in [0.5, 0.6) is 0 Å². The van der Waals surface area contributed by atoms with Crippen LogP contribution in [0.25, 0.3) is 0 Å². The van der Waals surface area contributed by atoms with E-state index in [1.807, 2.05) is 0 Å². The standard InChI is InChI=1S/C14H18F2N2O2/c1-8-6-10(3)17-12(11(8)13(19)20)18-5-4-14(15,16)9(2)7-18/h6,9H,4-5,7H2,1-3H3,(H,19,20). The van der Waals surface area contributed by atoms with Crippen molar-refractivity contribution in [2.24, 2.45) is 5.92 Å². The molecule has 1 N–H and O–H groups in total. The molecule has 0 amide bonds. The summed E-state index contributed by atoms with van der Waals surface area (Å²) in [5.74, 6) is -4.29. The average molecular weight is 284 g/mol. The van der Waals surface area contributed by atoms with E-state index in [1.54, 1.807) is 24.8 Å². The molecule has 1 aliphatic rings. The van der Waals surface area contributed by atoms with E-state index in [4.69, 9.17) is 0 Å². The second-order valence-electron chi connectivity index (χ2n) is 5.44. The fourth-order valence-corrected chi connectivity index (χ4v) is 2.59. The lowest BCUT2D eigenvalue weighted by atomic mass is 9.95. The van der Waals surface area contributed by atoms with Crippen molar-refractivity contribution in [3.05, 3.63) is 22.9 Å². The Morgan fingerprint density at radius 1 is 1.50 bits per heavy atom. The highest BCUT2D eigenvalue weighted by Crippen LogP contribution is 2.35. The molecule has 110 valence electrons. The predicted octanol–water partition coefficient (Wildman–Crippen LogP) is 2.88. The van der Waals surface area contributed by atoms with Crippen LogP contribution in [0.1, 0.15) is 35.0 Å². The molecule has 20 heavy (non-hydrogen) atoms. The van der Waals surface area contributed by atoms with E-state index in [-0.39, 0.29) is 25.1 Å². The van der Waals surface area contributed by atoms with Crippen molar-refractivity contribution in [1.82, 2.24) is 4.98 Å². The third-order valence-electron chi connectivity index (χ3n) is 3.77. The Kier molecular flexibility index (Phi) is 3.67. The van der Waals surface area contributed by atoms with E-state index in [2.05, 4.69) is 4.98 Å². The van der Waals surface area contributed by atoms with Crippen molar-refractivity contribution in [3.63, 3.8) is 0 Å². The zero-order valence-electron chi connectivity index (χ0n) is 11.8. The van der Waals surface area contributed by atoms with Gasteiger partial charge in [-0.1, -0.05) is 6.92 Å². The van der Waals surface area contributed by atoms with Crippen molar-refractivity contribution in [1.29, 1.82) is 0 Å². The summed E-state index contributed by atoms with van der Waals surface area (Å²) >= 11 is 0. The van der Waals surface area contributed by atoms with Gasteiger partial charge in [0, 0.05) is 31.1 Å². The summed E-state index contributed by atoms with van der Waals surface area (Å²) in [6.07, 6.45) is -0.276. The lowest BCUT2D eigenvalue weighted by Crippen LogP contribution is -2.46. The number of hydrogen-bond acceptors (Lipinski definition) is 3. The molecule has 0 spiro atoms. The quantitative estimate of drug-likeness (QED) is 0.907. The van der Waals surface area contributed by atoms with Gasteiger partial charge in [0.25, 0.3) is 5.92 Å². The molecule has 0 aliphatic carbocycles. The molecular formula is C14H18F2N2O2. The number of carbonyl (C=O) groups is 1. The first-order valence-corrected chi connectivity index (χ1v) is 6.56. The summed E-state index contributed by atoms with van der Waals surface area (Å²) in [7, 11) is 0. The Labute approximate surface area is 116 Å². The third-order valence-corrected chi connectivity index (χ3v) is 3.77. The third kappa shape index (κ3) is 2.59. The normalized spacial score (nSPS) is 21.9. The number of hydrogen-bond donors (Lipinski definition) is 1. The number of carboxylic acid groups (broad SMARTS) is 1. The highest BCUT2D eigenvalue weighted by Gasteiger charge is 2.42. The summed E-state index contributed by atoms with van der Waals surface area (Å²) < 4.78 is 27.1. The van der Waals surface area contributed by atoms with Gasteiger partial charge in [-0.15, -0.1) is 0 Å². The number of anilines is 1. The van der Waals surface area contributed by atoms with E-state index in [1.165, 1.54) is 6.92 Å². The molecule has 1 aromatic heterocycles. The predicted molar refractivity (Wildman–Crippen MR) is 71.6 cm³/mol. The summed E-state index contributed by atoms with van der Waals surface area (Å²) in [5.41, 5.74) is 1.39. The molecule has 2 rings (SSSR count). The minimum absolute atomic E-state index is 0.105. The minimum Gasteiger partial charge on any atom is -0.478 e. The van der Waals surface area contributed by atoms with E-state index in [0.717, 1.165) is 0 Å². The highest BCUT2D eigenvalue weighted by molar-refractivity contribution is 5.95. The summed E-state index contributed by atoms with van der Waals surface area (Å²) in [4.78, 5) is 17.3. The maximum atomic E-state index is 13.5. The molecule has 0 radical (unpaired) electrons. The number of aromatic nitrogens is 1. The fourth-order valence-electron chi connectivity index (χ4n) is 2.59. The number of piperidine rings is 1. The molecule has 0 aromatic carbocycles. The minimum atomic E-state index is -2.70. The van der Waals surface area contributed by atoms with Gasteiger partial charge in [0.1, 0.15) is 11.4 Å². The molecule has 4 nitrogen and oxygen atoms in total. The molecule has 1 saturated heterocycles. The van der Waals surface area contributed by atoms with Crippen LogP contribution in [0.15, 0.2) is 6.07 Å². The van der Waals surface area contributed by atoms with Crippen LogP contribution >= 0.6 is 0 Å². The smallest absolute Gasteiger partial charge is 0.339 e. The van der Waals surface area contributed by atoms with Crippen LogP contribution in [-0.2, 0) is 0 Å². The van der Waals surface area contributed by atoms with Crippen LogP contribution in [0.3, 0.4) is 0 Å². The van der Waals surface area contributed by atoms with Crippen molar-refractivity contribution < 1.29 is 18.7 Å². The second-order valence-corrected chi connectivity index (χ2v) is 5.44. The number of rotatable bonds is 2. The number of nitrogens with zero attached hydrogens (tertiary/aromatic N) is 2. The van der Waals surface area contributed by atoms with Gasteiger partial charge in [-0.3, -0.25) is 0 Å². The monoisotopic (exact) mass is 284 g/mol. The van der Waals surface area contributed by atoms with Gasteiger partial charge in [-0.25, -0.2) is 18.6 Å². The van der Waals surface area contributed by atoms with Crippen LogP contribution in [-0.4, -0.2) is 35.1 Å². The van der Waals surface area contributed by atoms with Gasteiger partial charge in [0.2, 0.25) is 0 Å². The van der Waals surface area contributed by atoms with Crippen molar-refractivity contribution in [2.75, 3.05) is 18.0 Å². The first kappa shape index (κ1) is 14.7. The van der Waals surface area contributed by atoms with E-state index in [9.17, 15) is 18.7 Å². The largest absolute Gasteiger partial charge is 0.478 e. The first-order chi connectivity index (χ1) is 9.22. The van der Waals surface area contributed by atoms with Gasteiger partial charge in [0.15, 0.2) is 0 Å². The van der Waals surface area contributed by atoms with Gasteiger partial charge < -0.3 is 10.0 Å². The Morgan fingerprint density at radius 3 is 2.70 bits per heavy atom. The molecule has 0 saturated carbocycles. The zero-order valence-corrected chi connectivity index (χ0v) is 11.8. The lowest BCUT2D eigenvalue weighted by molar-refractivity contribution is -0.0652. The molecule has 1 atom stereocenters. The van der Waals surface area contributed by atoms with Crippen molar-refractivity contribution >= 4 is 11.8 Å². The Hall–Kier alpha value is -1.72. The SMILES string of the molecule is Cc1cc(C)c(C(=O)O)c(N2CCC(F)(F)C(C)C2)n1. The van der Waals surface area contributed by atoms with Crippen LogP contribution in [0.4, 0.5) is 14.6 Å². The van der Waals surface area contributed by atoms with Crippen molar-refractivity contribution in [3.8, 4) is 0 Å². The summed E-state index contributed by atoms with van der Waals surface area (Å²) in [6.45, 7) is 5.18. The van der Waals surface area contributed by atoms with E-state index >= 15 is 0 Å². The van der Waals surface area contributed by atoms with Gasteiger partial charge in [-0.05, 0) is 25.5 Å². The van der Waals surface area contributed by atoms with Gasteiger partial charge >= 0.3 is 5.97 Å². The van der Waals surface area contributed by atoms with Crippen LogP contribution in [0.2, 0.25) is 0 Å². The number of aromatic carboxylic acids is 1. The molecule has 0 bridgehead atoms. The molecule has 1 fully saturated rings. The molecular weight excluding hydrogens is 266 g/mol. The Balaban J connectivity index is 2.41. The Bertz CT molecular complexity index is 546. The van der Waals surface area contributed by atoms with Gasteiger partial charge in [0.05, 0.1) is 0 Å². The average Bonchev–Trinajstić information content (AvgIpc) is 2.31. The van der Waals surface area contributed by atoms with E-state index in [0.29, 0.717) is 17.1 Å². The van der Waals surface area contributed by atoms with Gasteiger partial charge in [-0.2, -0.15) is 0 Å². The topological polar surface area (TPSA) is 53.4 Å². The summed E-state index contributed by atoms with van der Waals surface area (Å²) in [6, 6.07) is 1.69. The van der Waals surface area contributed by atoms with E-state index < -0.39 is 17.8 Å². The molecule has 2 heterocycles. The van der Waals surface area contributed by atoms with Crippen LogP contribution < -0.4 is 4.90 Å². The number of halogens is 2. The maximum Gasteiger partial charge on any atom is 0.339 e. The van der Waals surface area contributed by atoms with Crippen molar-refractivity contribution in [2.45, 2.75) is 33.1 Å². The number of pyridine rings is 1. The maximum absolute atomic E-state index is 13.5. The molecule has 6 heteroatoms. The lowest BCUT2D eigenvalue weighted by Gasteiger charge is -2.38.